The molecule has 7 nitrogen and oxygen atoms in total. The molecule has 1 aromatic heterocycles. The van der Waals surface area contributed by atoms with Crippen LogP contribution in [0.2, 0.25) is 0 Å². The number of fused-ring (bicyclic) bond motifs is 1. The molecule has 2 N–H and O–H groups in total. The molecule has 154 valence electrons. The smallest absolute Gasteiger partial charge is 0.273 e. The van der Waals surface area contributed by atoms with Gasteiger partial charge in [-0.2, -0.15) is 0 Å². The zero-order chi connectivity index (χ0) is 21.5. The summed E-state index contributed by atoms with van der Waals surface area (Å²) < 4.78 is 28.3. The Morgan fingerprint density at radius 1 is 1.31 bits per heavy atom. The molecule has 0 radical (unpaired) electrons. The van der Waals surface area contributed by atoms with E-state index in [0.29, 0.717) is 24.7 Å². The molecule has 0 saturated carbocycles. The SMILES string of the molecule is CC1CCn2c(C(=O)N(C)C)c(O)c(=O)c(C(=O)NCc3ccc(F)cc3F)c21. The largest absolute Gasteiger partial charge is 0.503 e. The van der Waals surface area contributed by atoms with Crippen molar-refractivity contribution in [3.8, 4) is 5.75 Å². The lowest BCUT2D eigenvalue weighted by Gasteiger charge is -2.20. The molecule has 1 unspecified atom stereocenters. The van der Waals surface area contributed by atoms with Gasteiger partial charge in [-0.1, -0.05) is 13.0 Å². The van der Waals surface area contributed by atoms with Crippen LogP contribution in [0.1, 0.15) is 51.4 Å². The van der Waals surface area contributed by atoms with Crippen LogP contribution >= 0.6 is 0 Å². The molecule has 0 saturated heterocycles. The molecule has 1 atom stereocenters. The Labute approximate surface area is 165 Å². The van der Waals surface area contributed by atoms with Crippen LogP contribution in [0.25, 0.3) is 0 Å². The van der Waals surface area contributed by atoms with E-state index < -0.39 is 34.6 Å². The minimum absolute atomic E-state index is 0.0492. The predicted octanol–water partition coefficient (Wildman–Crippen LogP) is 1.97. The van der Waals surface area contributed by atoms with E-state index in [1.54, 1.807) is 0 Å². The van der Waals surface area contributed by atoms with Crippen molar-refractivity contribution < 1.29 is 23.5 Å². The van der Waals surface area contributed by atoms with Crippen molar-refractivity contribution in [2.45, 2.75) is 32.4 Å². The highest BCUT2D eigenvalue weighted by molar-refractivity contribution is 5.99. The van der Waals surface area contributed by atoms with E-state index in [0.717, 1.165) is 6.07 Å². The average molecular weight is 405 g/mol. The Kier molecular flexibility index (Phi) is 5.41. The number of carbonyl (C=O) groups excluding carboxylic acids is 2. The molecule has 3 rings (SSSR count). The third-order valence-electron chi connectivity index (χ3n) is 5.03. The first kappa shape index (κ1) is 20.5. The first-order valence-electron chi connectivity index (χ1n) is 9.06. The predicted molar refractivity (Wildman–Crippen MR) is 101 cm³/mol. The van der Waals surface area contributed by atoms with Gasteiger partial charge >= 0.3 is 0 Å². The first-order valence-corrected chi connectivity index (χ1v) is 9.06. The Balaban J connectivity index is 2.02. The van der Waals surface area contributed by atoms with E-state index >= 15 is 0 Å². The summed E-state index contributed by atoms with van der Waals surface area (Å²) in [5.74, 6) is -3.89. The second-order valence-corrected chi connectivity index (χ2v) is 7.25. The lowest BCUT2D eigenvalue weighted by molar-refractivity contribution is 0.0810. The molecule has 0 aliphatic carbocycles. The average Bonchev–Trinajstić information content (AvgIpc) is 3.02. The number of pyridine rings is 1. The Morgan fingerprint density at radius 3 is 2.62 bits per heavy atom. The van der Waals surface area contributed by atoms with Gasteiger partial charge in [0.15, 0.2) is 11.4 Å². The van der Waals surface area contributed by atoms with Crippen LogP contribution in [-0.4, -0.2) is 40.5 Å². The number of hydrogen-bond donors (Lipinski definition) is 2. The topological polar surface area (TPSA) is 91.6 Å². The fourth-order valence-electron chi connectivity index (χ4n) is 3.51. The summed E-state index contributed by atoms with van der Waals surface area (Å²) >= 11 is 0. The van der Waals surface area contributed by atoms with Crippen LogP contribution in [0, 0.1) is 11.6 Å². The molecule has 29 heavy (non-hydrogen) atoms. The molecular formula is C20H21F2N3O4. The molecule has 2 heterocycles. The standard InChI is InChI=1S/C20H21F2N3O4/c1-10-6-7-25-15(10)14(17(26)18(27)16(25)20(29)24(2)3)19(28)23-9-11-4-5-12(21)8-13(11)22/h4-5,8,10,27H,6-7,9H2,1-3H3,(H,23,28). The molecular weight excluding hydrogens is 384 g/mol. The highest BCUT2D eigenvalue weighted by atomic mass is 19.1. The number of benzene rings is 1. The van der Waals surface area contributed by atoms with E-state index in [-0.39, 0.29) is 29.3 Å². The van der Waals surface area contributed by atoms with Crippen LogP contribution in [0.4, 0.5) is 8.78 Å². The first-order chi connectivity index (χ1) is 13.6. The summed E-state index contributed by atoms with van der Waals surface area (Å²) in [6, 6.07) is 2.96. The van der Waals surface area contributed by atoms with Gasteiger partial charge in [-0.15, -0.1) is 0 Å². The summed E-state index contributed by atoms with van der Waals surface area (Å²) in [5.41, 5.74) is -0.971. The van der Waals surface area contributed by atoms with Crippen LogP contribution in [0.3, 0.4) is 0 Å². The van der Waals surface area contributed by atoms with E-state index in [1.807, 2.05) is 6.92 Å². The minimum Gasteiger partial charge on any atom is -0.503 e. The Morgan fingerprint density at radius 2 is 2.00 bits per heavy atom. The van der Waals surface area contributed by atoms with Crippen molar-refractivity contribution in [1.29, 1.82) is 0 Å². The summed E-state index contributed by atoms with van der Waals surface area (Å²) in [7, 11) is 2.99. The number of rotatable bonds is 4. The number of hydrogen-bond acceptors (Lipinski definition) is 4. The number of aromatic hydroxyl groups is 1. The van der Waals surface area contributed by atoms with Gasteiger partial charge in [0.05, 0.1) is 0 Å². The van der Waals surface area contributed by atoms with Crippen LogP contribution < -0.4 is 10.7 Å². The van der Waals surface area contributed by atoms with Gasteiger partial charge < -0.3 is 19.9 Å². The zero-order valence-corrected chi connectivity index (χ0v) is 16.3. The van der Waals surface area contributed by atoms with Crippen LogP contribution in [-0.2, 0) is 13.1 Å². The molecule has 2 amide bonds. The Hall–Kier alpha value is -3.23. The zero-order valence-electron chi connectivity index (χ0n) is 16.3. The lowest BCUT2D eigenvalue weighted by Crippen LogP contribution is -2.35. The summed E-state index contributed by atoms with van der Waals surface area (Å²) in [6.45, 7) is 1.92. The molecule has 1 aliphatic heterocycles. The molecule has 1 aromatic carbocycles. The van der Waals surface area contributed by atoms with E-state index in [1.165, 1.54) is 29.6 Å². The summed E-state index contributed by atoms with van der Waals surface area (Å²) in [6.07, 6.45) is 0.587. The lowest BCUT2D eigenvalue weighted by atomic mass is 10.00. The number of carbonyl (C=O) groups is 2. The van der Waals surface area contributed by atoms with Crippen molar-refractivity contribution in [2.75, 3.05) is 14.1 Å². The fourth-order valence-corrected chi connectivity index (χ4v) is 3.51. The minimum atomic E-state index is -0.952. The quantitative estimate of drug-likeness (QED) is 0.814. The maximum absolute atomic E-state index is 13.8. The molecule has 1 aliphatic rings. The number of nitrogens with zero attached hydrogens (tertiary/aromatic N) is 2. The third kappa shape index (κ3) is 3.59. The molecule has 0 fully saturated rings. The van der Waals surface area contributed by atoms with Crippen molar-refractivity contribution in [3.05, 3.63) is 62.6 Å². The third-order valence-corrected chi connectivity index (χ3v) is 5.03. The van der Waals surface area contributed by atoms with Crippen LogP contribution in [0.5, 0.6) is 5.75 Å². The number of halogens is 2. The molecule has 2 aromatic rings. The van der Waals surface area contributed by atoms with Crippen LogP contribution in [0.15, 0.2) is 23.0 Å². The van der Waals surface area contributed by atoms with Gasteiger partial charge in [0.1, 0.15) is 17.2 Å². The number of nitrogens with one attached hydrogen (secondary N) is 1. The maximum Gasteiger partial charge on any atom is 0.273 e. The number of amides is 2. The Bertz CT molecular complexity index is 1060. The number of aromatic nitrogens is 1. The van der Waals surface area contributed by atoms with E-state index in [2.05, 4.69) is 5.32 Å². The summed E-state index contributed by atoms with van der Waals surface area (Å²) in [5, 5.41) is 12.8. The van der Waals surface area contributed by atoms with Gasteiger partial charge in [-0.3, -0.25) is 14.4 Å². The second kappa shape index (κ2) is 7.65. The van der Waals surface area contributed by atoms with Crippen molar-refractivity contribution in [3.63, 3.8) is 0 Å². The van der Waals surface area contributed by atoms with Crippen molar-refractivity contribution in [1.82, 2.24) is 14.8 Å². The fraction of sp³-hybridized carbons (Fsp3) is 0.350. The molecule has 0 bridgehead atoms. The van der Waals surface area contributed by atoms with Gasteiger partial charge in [0.2, 0.25) is 5.43 Å². The maximum atomic E-state index is 13.8. The summed E-state index contributed by atoms with van der Waals surface area (Å²) in [4.78, 5) is 39.2. The van der Waals surface area contributed by atoms with Gasteiger partial charge in [-0.25, -0.2) is 8.78 Å². The van der Waals surface area contributed by atoms with Gasteiger partial charge in [0.25, 0.3) is 11.8 Å². The van der Waals surface area contributed by atoms with E-state index in [4.69, 9.17) is 0 Å². The highest BCUT2D eigenvalue weighted by Gasteiger charge is 2.34. The van der Waals surface area contributed by atoms with Gasteiger partial charge in [-0.05, 0) is 18.4 Å². The highest BCUT2D eigenvalue weighted by Crippen LogP contribution is 2.33. The monoisotopic (exact) mass is 405 g/mol. The normalized spacial score (nSPS) is 15.1. The van der Waals surface area contributed by atoms with Crippen molar-refractivity contribution >= 4 is 11.8 Å². The van der Waals surface area contributed by atoms with Crippen molar-refractivity contribution in [2.24, 2.45) is 0 Å². The molecule has 9 heteroatoms. The van der Waals surface area contributed by atoms with E-state index in [9.17, 15) is 28.3 Å². The second-order valence-electron chi connectivity index (χ2n) is 7.25. The molecule has 0 spiro atoms. The van der Waals surface area contributed by atoms with Gasteiger partial charge in [0, 0.05) is 44.5 Å².